The van der Waals surface area contributed by atoms with Crippen molar-refractivity contribution in [3.05, 3.63) is 41.4 Å². The van der Waals surface area contributed by atoms with Gasteiger partial charge in [-0.25, -0.2) is 4.79 Å². The molecule has 1 heterocycles. The fraction of sp³-hybridized carbons (Fsp3) is 0.400. The van der Waals surface area contributed by atoms with E-state index in [-0.39, 0.29) is 12.3 Å². The largest absolute Gasteiger partial charge is 0.477 e. The first-order valence-corrected chi connectivity index (χ1v) is 11.6. The molecular weight excluding hydrogens is 412 g/mol. The Bertz CT molecular complexity index is 1120. The summed E-state index contributed by atoms with van der Waals surface area (Å²) >= 11 is 1.70. The molecule has 3 aromatic rings. The van der Waals surface area contributed by atoms with Crippen LogP contribution in [0.1, 0.15) is 11.4 Å². The number of carboxylic acids is 1. The fourth-order valence-electron chi connectivity index (χ4n) is 3.05. The van der Waals surface area contributed by atoms with Gasteiger partial charge in [-0.2, -0.15) is 13.0 Å². The highest BCUT2D eigenvalue weighted by atomic mass is 32.2. The molecular formula is C20H28N2O5S2+2. The third kappa shape index (κ3) is 7.04. The van der Waals surface area contributed by atoms with Crippen molar-refractivity contribution < 1.29 is 31.9 Å². The van der Waals surface area contributed by atoms with Crippen molar-refractivity contribution in [1.82, 2.24) is 0 Å². The minimum atomic E-state index is -3.90. The fourth-order valence-corrected chi connectivity index (χ4v) is 4.61. The van der Waals surface area contributed by atoms with E-state index in [4.69, 9.17) is 9.66 Å². The lowest BCUT2D eigenvalue weighted by molar-refractivity contribution is -0.862. The highest BCUT2D eigenvalue weighted by Gasteiger charge is 2.20. The topological polar surface area (TPSA) is 95.5 Å². The molecule has 29 heavy (non-hydrogen) atoms. The molecule has 0 bridgehead atoms. The van der Waals surface area contributed by atoms with Crippen molar-refractivity contribution in [3.63, 3.8) is 0 Å². The van der Waals surface area contributed by atoms with Crippen LogP contribution in [0.3, 0.4) is 0 Å². The maximum absolute atomic E-state index is 10.9. The summed E-state index contributed by atoms with van der Waals surface area (Å²) in [5.41, 5.74) is 1.14. The monoisotopic (exact) mass is 440 g/mol. The third-order valence-electron chi connectivity index (χ3n) is 4.16. The quantitative estimate of drug-likeness (QED) is 0.349. The molecule has 0 fully saturated rings. The van der Waals surface area contributed by atoms with Crippen LogP contribution in [0.4, 0.5) is 0 Å². The number of carbonyl (C=O) groups is 1. The smallest absolute Gasteiger partial charge is 0.359 e. The van der Waals surface area contributed by atoms with E-state index in [0.717, 1.165) is 10.5 Å². The number of rotatable bonds is 6. The van der Waals surface area contributed by atoms with E-state index in [1.165, 1.54) is 15.5 Å². The molecule has 0 aliphatic rings. The first-order valence-electron chi connectivity index (χ1n) is 9.15. The van der Waals surface area contributed by atoms with Crippen molar-refractivity contribution in [3.8, 4) is 0 Å². The Balaban J connectivity index is 0.000000321. The molecule has 1 aromatic heterocycles. The number of aryl methyl sites for hydroxylation is 2. The van der Waals surface area contributed by atoms with Gasteiger partial charge in [-0.15, -0.1) is 0 Å². The van der Waals surface area contributed by atoms with Crippen LogP contribution < -0.4 is 4.57 Å². The highest BCUT2D eigenvalue weighted by molar-refractivity contribution is 7.85. The molecule has 7 nitrogen and oxygen atoms in total. The number of nitrogens with zero attached hydrogens (tertiary/aromatic N) is 2. The lowest BCUT2D eigenvalue weighted by Gasteiger charge is -2.20. The molecule has 3 rings (SSSR count). The summed E-state index contributed by atoms with van der Waals surface area (Å²) in [6, 6.07) is 12.4. The second-order valence-electron chi connectivity index (χ2n) is 7.89. The van der Waals surface area contributed by atoms with Crippen LogP contribution in [-0.2, 0) is 21.5 Å². The minimum absolute atomic E-state index is 0.181. The summed E-state index contributed by atoms with van der Waals surface area (Å²) in [7, 11) is 1.63. The predicted molar refractivity (Wildman–Crippen MR) is 116 cm³/mol. The van der Waals surface area contributed by atoms with E-state index in [2.05, 4.69) is 28.8 Å². The average molecular weight is 441 g/mol. The number of aliphatic carboxylic acids is 1. The molecule has 0 saturated heterocycles. The van der Waals surface area contributed by atoms with Crippen molar-refractivity contribution in [2.75, 3.05) is 33.4 Å². The second-order valence-corrected chi connectivity index (χ2v) is 10.7. The first kappa shape index (κ1) is 23.2. The standard InChI is InChI=1S/C15H15NO3S2.C5H11NO2/c1-11-16(9-4-10-21(17,18)19)15-13-6-3-2-5-12(13)7-8-14(15)20-11;1-6(2,3)4-5(7)8/h2-3,5-8H,4,9-10H2,1H3;4H2,1-3H3/p+2. The van der Waals surface area contributed by atoms with Gasteiger partial charge in [0, 0.05) is 13.3 Å². The molecule has 0 saturated carbocycles. The van der Waals surface area contributed by atoms with E-state index < -0.39 is 16.1 Å². The van der Waals surface area contributed by atoms with Crippen LogP contribution in [0.2, 0.25) is 0 Å². The Morgan fingerprint density at radius 2 is 1.79 bits per heavy atom. The van der Waals surface area contributed by atoms with E-state index in [1.54, 1.807) is 11.3 Å². The predicted octanol–water partition coefficient (Wildman–Crippen LogP) is 2.71. The number of carboxylic acid groups (broad SMARTS) is 1. The number of hydrogen-bond acceptors (Lipinski definition) is 4. The van der Waals surface area contributed by atoms with Crippen molar-refractivity contribution in [1.29, 1.82) is 0 Å². The number of likely N-dealkylation sites (N-methyl/N-ethyl adjacent to an activating group) is 1. The average Bonchev–Trinajstić information content (AvgIpc) is 2.88. The van der Waals surface area contributed by atoms with E-state index in [1.807, 2.05) is 40.2 Å². The molecule has 0 radical (unpaired) electrons. The maximum atomic E-state index is 10.9. The Morgan fingerprint density at radius 3 is 2.34 bits per heavy atom. The van der Waals surface area contributed by atoms with Crippen molar-refractivity contribution in [2.24, 2.45) is 0 Å². The number of hydrogen-bond donors (Lipinski definition) is 2. The highest BCUT2D eigenvalue weighted by Crippen LogP contribution is 2.27. The number of fused-ring (bicyclic) bond motifs is 3. The van der Waals surface area contributed by atoms with Crippen LogP contribution in [0.25, 0.3) is 21.0 Å². The maximum Gasteiger partial charge on any atom is 0.359 e. The number of benzene rings is 2. The zero-order valence-corrected chi connectivity index (χ0v) is 18.8. The molecule has 9 heteroatoms. The van der Waals surface area contributed by atoms with Crippen LogP contribution in [0.5, 0.6) is 0 Å². The van der Waals surface area contributed by atoms with Gasteiger partial charge in [0.1, 0.15) is 4.70 Å². The van der Waals surface area contributed by atoms with Crippen molar-refractivity contribution >= 4 is 48.4 Å². The first-order chi connectivity index (χ1) is 13.4. The molecule has 158 valence electrons. The van der Waals surface area contributed by atoms with Gasteiger partial charge in [0.2, 0.25) is 10.5 Å². The van der Waals surface area contributed by atoms with Gasteiger partial charge in [0.25, 0.3) is 10.1 Å². The van der Waals surface area contributed by atoms with Gasteiger partial charge in [-0.05, 0) is 17.5 Å². The summed E-state index contributed by atoms with van der Waals surface area (Å²) in [4.78, 5) is 10.00. The Kier molecular flexibility index (Phi) is 7.34. The van der Waals surface area contributed by atoms with Crippen LogP contribution >= 0.6 is 11.3 Å². The van der Waals surface area contributed by atoms with E-state index in [0.29, 0.717) is 17.4 Å². The van der Waals surface area contributed by atoms with Gasteiger partial charge in [0.05, 0.1) is 32.3 Å². The molecule has 0 aliphatic heterocycles. The molecule has 0 atom stereocenters. The molecule has 2 N–H and O–H groups in total. The number of quaternary nitrogens is 1. The summed E-state index contributed by atoms with van der Waals surface area (Å²) < 4.78 is 34.4. The molecule has 0 unspecified atom stereocenters. The minimum Gasteiger partial charge on any atom is -0.477 e. The Hall–Kier alpha value is -2.07. The zero-order valence-electron chi connectivity index (χ0n) is 17.1. The summed E-state index contributed by atoms with van der Waals surface area (Å²) in [5, 5.41) is 11.7. The summed E-state index contributed by atoms with van der Waals surface area (Å²) in [5.74, 6) is -0.959. The molecule has 2 aromatic carbocycles. The van der Waals surface area contributed by atoms with Gasteiger partial charge in [-0.3, -0.25) is 4.55 Å². The van der Waals surface area contributed by atoms with Crippen LogP contribution in [0, 0.1) is 6.92 Å². The molecule has 0 amide bonds. The number of thiazole rings is 1. The lowest BCUT2D eigenvalue weighted by Crippen LogP contribution is -2.39. The van der Waals surface area contributed by atoms with Crippen molar-refractivity contribution in [2.45, 2.75) is 19.9 Å². The Labute approximate surface area is 175 Å². The third-order valence-corrected chi connectivity index (χ3v) is 6.03. The SMILES string of the molecule is C[N+](C)(C)CC(=O)O.Cc1sc2ccc3ccccc3c2[n+]1CCCS(=O)(=O)O. The van der Waals surface area contributed by atoms with Crippen LogP contribution in [0.15, 0.2) is 36.4 Å². The summed E-state index contributed by atoms with van der Waals surface area (Å²) in [6.45, 7) is 2.80. The van der Waals surface area contributed by atoms with Gasteiger partial charge in [0.15, 0.2) is 13.1 Å². The summed E-state index contributed by atoms with van der Waals surface area (Å²) in [6.07, 6.45) is 0.402. The molecule has 0 spiro atoms. The van der Waals surface area contributed by atoms with Gasteiger partial charge in [-0.1, -0.05) is 35.6 Å². The Morgan fingerprint density at radius 1 is 1.14 bits per heavy atom. The molecule has 0 aliphatic carbocycles. The van der Waals surface area contributed by atoms with Gasteiger partial charge < -0.3 is 9.59 Å². The zero-order chi connectivity index (χ0) is 21.8. The lowest BCUT2D eigenvalue weighted by atomic mass is 10.1. The van der Waals surface area contributed by atoms with E-state index in [9.17, 15) is 13.2 Å². The second kappa shape index (κ2) is 9.17. The number of aromatic nitrogens is 1. The van der Waals surface area contributed by atoms with Gasteiger partial charge >= 0.3 is 5.97 Å². The normalized spacial score (nSPS) is 12.0. The van der Waals surface area contributed by atoms with Crippen LogP contribution in [-0.4, -0.2) is 62.0 Å². The van der Waals surface area contributed by atoms with E-state index >= 15 is 0 Å².